The molecule has 9 heteroatoms. The summed E-state index contributed by atoms with van der Waals surface area (Å²) in [5.41, 5.74) is 3.18. The summed E-state index contributed by atoms with van der Waals surface area (Å²) < 4.78 is 38.6. The summed E-state index contributed by atoms with van der Waals surface area (Å²) in [4.78, 5) is 15.3. The Balaban J connectivity index is 1.62. The number of sulfonamides is 1. The smallest absolute Gasteiger partial charge is 0.248 e. The molecule has 2 aliphatic rings. The number of methoxy groups -OCH3 is 1. The monoisotopic (exact) mass is 499 g/mol. The van der Waals surface area contributed by atoms with Gasteiger partial charge in [-0.25, -0.2) is 8.42 Å². The van der Waals surface area contributed by atoms with E-state index in [2.05, 4.69) is 10.2 Å². The quantitative estimate of drug-likeness (QED) is 0.585. The molecule has 1 amide bonds. The fraction of sp³-hybridized carbons (Fsp3) is 0.423. The van der Waals surface area contributed by atoms with Crippen LogP contribution in [0.2, 0.25) is 0 Å². The molecule has 0 aromatic heterocycles. The highest BCUT2D eigenvalue weighted by Crippen LogP contribution is 2.32. The highest BCUT2D eigenvalue weighted by molar-refractivity contribution is 7.89. The van der Waals surface area contributed by atoms with E-state index in [1.807, 2.05) is 31.2 Å². The van der Waals surface area contributed by atoms with Crippen molar-refractivity contribution < 1.29 is 22.7 Å². The maximum Gasteiger partial charge on any atom is 0.248 e. The first-order valence-corrected chi connectivity index (χ1v) is 13.4. The number of anilines is 2. The van der Waals surface area contributed by atoms with E-state index in [4.69, 9.17) is 9.47 Å². The lowest BCUT2D eigenvalue weighted by molar-refractivity contribution is -0.111. The van der Waals surface area contributed by atoms with Gasteiger partial charge in [0.05, 0.1) is 36.6 Å². The number of carbonyl (C=O) groups is 1. The Morgan fingerprint density at radius 1 is 1.03 bits per heavy atom. The maximum absolute atomic E-state index is 13.2. The normalized spacial score (nSPS) is 17.5. The van der Waals surface area contributed by atoms with Crippen molar-refractivity contribution in [2.45, 2.75) is 31.1 Å². The second-order valence-electron chi connectivity index (χ2n) is 8.81. The van der Waals surface area contributed by atoms with Crippen LogP contribution in [0.3, 0.4) is 0 Å². The standard InChI is InChI=1S/C26H33N3O5S/c1-20-6-10-25(33-2)21(18-20)7-11-26(30)27-23-19-22(35(31,32)29-14-16-34-17-15-29)8-9-24(23)28-12-4-3-5-13-28/h6-11,18-19H,3-5,12-17H2,1-2H3,(H,27,30)/b11-7+. The molecule has 188 valence electrons. The number of amides is 1. The Bertz CT molecular complexity index is 1180. The summed E-state index contributed by atoms with van der Waals surface area (Å²) in [6, 6.07) is 10.8. The molecule has 2 saturated heterocycles. The number of nitrogens with one attached hydrogen (secondary N) is 1. The number of hydrogen-bond acceptors (Lipinski definition) is 6. The van der Waals surface area contributed by atoms with Crippen LogP contribution in [-0.2, 0) is 19.6 Å². The van der Waals surface area contributed by atoms with Crippen LogP contribution < -0.4 is 15.0 Å². The molecule has 0 bridgehead atoms. The molecule has 0 aliphatic carbocycles. The van der Waals surface area contributed by atoms with E-state index in [0.717, 1.165) is 42.7 Å². The van der Waals surface area contributed by atoms with Crippen molar-refractivity contribution >= 4 is 33.4 Å². The molecule has 35 heavy (non-hydrogen) atoms. The zero-order valence-electron chi connectivity index (χ0n) is 20.3. The van der Waals surface area contributed by atoms with Gasteiger partial charge in [-0.15, -0.1) is 0 Å². The number of hydrogen-bond donors (Lipinski definition) is 1. The van der Waals surface area contributed by atoms with Crippen molar-refractivity contribution in [3.63, 3.8) is 0 Å². The van der Waals surface area contributed by atoms with Gasteiger partial charge in [0, 0.05) is 37.8 Å². The van der Waals surface area contributed by atoms with Gasteiger partial charge < -0.3 is 19.7 Å². The lowest BCUT2D eigenvalue weighted by Gasteiger charge is -2.31. The molecule has 2 heterocycles. The average molecular weight is 500 g/mol. The van der Waals surface area contributed by atoms with Crippen molar-refractivity contribution in [1.82, 2.24) is 4.31 Å². The van der Waals surface area contributed by atoms with Crippen molar-refractivity contribution in [3.05, 3.63) is 53.6 Å². The van der Waals surface area contributed by atoms with Gasteiger partial charge in [0.2, 0.25) is 15.9 Å². The van der Waals surface area contributed by atoms with Crippen LogP contribution in [0.1, 0.15) is 30.4 Å². The topological polar surface area (TPSA) is 88.2 Å². The van der Waals surface area contributed by atoms with E-state index in [0.29, 0.717) is 37.7 Å². The fourth-order valence-electron chi connectivity index (χ4n) is 4.45. The molecule has 0 spiro atoms. The van der Waals surface area contributed by atoms with Gasteiger partial charge in [-0.3, -0.25) is 4.79 Å². The SMILES string of the molecule is COc1ccc(C)cc1/C=C/C(=O)Nc1cc(S(=O)(=O)N2CCOCC2)ccc1N1CCCCC1. The maximum atomic E-state index is 13.2. The highest BCUT2D eigenvalue weighted by atomic mass is 32.2. The van der Waals surface area contributed by atoms with E-state index in [9.17, 15) is 13.2 Å². The largest absolute Gasteiger partial charge is 0.496 e. The number of ether oxygens (including phenoxy) is 2. The van der Waals surface area contributed by atoms with E-state index in [-0.39, 0.29) is 10.8 Å². The number of rotatable bonds is 7. The van der Waals surface area contributed by atoms with Crippen LogP contribution in [0.25, 0.3) is 6.08 Å². The average Bonchev–Trinajstić information content (AvgIpc) is 2.88. The van der Waals surface area contributed by atoms with Crippen LogP contribution in [-0.4, -0.2) is 65.1 Å². The van der Waals surface area contributed by atoms with E-state index < -0.39 is 10.0 Å². The van der Waals surface area contributed by atoms with Gasteiger partial charge in [-0.1, -0.05) is 11.6 Å². The second kappa shape index (κ2) is 11.2. The number of carbonyl (C=O) groups excluding carboxylic acids is 1. The van der Waals surface area contributed by atoms with Crippen molar-refractivity contribution in [2.75, 3.05) is 56.7 Å². The predicted octanol–water partition coefficient (Wildman–Crippen LogP) is 3.67. The second-order valence-corrected chi connectivity index (χ2v) is 10.7. The molecular weight excluding hydrogens is 466 g/mol. The van der Waals surface area contributed by atoms with Crippen molar-refractivity contribution in [3.8, 4) is 5.75 Å². The summed E-state index contributed by atoms with van der Waals surface area (Å²) >= 11 is 0. The first-order chi connectivity index (χ1) is 16.9. The summed E-state index contributed by atoms with van der Waals surface area (Å²) in [6.07, 6.45) is 6.45. The summed E-state index contributed by atoms with van der Waals surface area (Å²) in [5.74, 6) is 0.333. The number of nitrogens with zero attached hydrogens (tertiary/aromatic N) is 2. The molecule has 0 saturated carbocycles. The van der Waals surface area contributed by atoms with Gasteiger partial charge in [-0.05, 0) is 62.6 Å². The summed E-state index contributed by atoms with van der Waals surface area (Å²) in [6.45, 7) is 5.10. The zero-order chi connectivity index (χ0) is 24.8. The molecule has 0 atom stereocenters. The van der Waals surface area contributed by atoms with Gasteiger partial charge in [0.1, 0.15) is 5.75 Å². The Morgan fingerprint density at radius 2 is 1.77 bits per heavy atom. The molecular formula is C26H33N3O5S. The fourth-order valence-corrected chi connectivity index (χ4v) is 5.88. The van der Waals surface area contributed by atoms with E-state index in [1.165, 1.54) is 16.8 Å². The molecule has 0 unspecified atom stereocenters. The van der Waals surface area contributed by atoms with E-state index in [1.54, 1.807) is 25.3 Å². The third kappa shape index (κ3) is 6.04. The Kier molecular flexibility index (Phi) is 8.10. The number of aryl methyl sites for hydroxylation is 1. The molecule has 0 radical (unpaired) electrons. The molecule has 2 aromatic carbocycles. The first-order valence-electron chi connectivity index (χ1n) is 12.0. The van der Waals surface area contributed by atoms with Crippen LogP contribution in [0, 0.1) is 6.92 Å². The van der Waals surface area contributed by atoms with Crippen LogP contribution in [0.15, 0.2) is 47.4 Å². The highest BCUT2D eigenvalue weighted by Gasteiger charge is 2.28. The molecule has 2 fully saturated rings. The number of morpholine rings is 1. The van der Waals surface area contributed by atoms with Crippen molar-refractivity contribution in [2.24, 2.45) is 0 Å². The molecule has 4 rings (SSSR count). The Hall–Kier alpha value is -2.88. The third-order valence-electron chi connectivity index (χ3n) is 6.33. The molecule has 8 nitrogen and oxygen atoms in total. The predicted molar refractivity (Wildman–Crippen MR) is 137 cm³/mol. The summed E-state index contributed by atoms with van der Waals surface area (Å²) in [5, 5.41) is 2.93. The number of piperidine rings is 1. The van der Waals surface area contributed by atoms with Gasteiger partial charge >= 0.3 is 0 Å². The first kappa shape index (κ1) is 25.2. The third-order valence-corrected chi connectivity index (χ3v) is 8.22. The van der Waals surface area contributed by atoms with Gasteiger partial charge in [-0.2, -0.15) is 4.31 Å². The van der Waals surface area contributed by atoms with Crippen LogP contribution >= 0.6 is 0 Å². The molecule has 2 aromatic rings. The summed E-state index contributed by atoms with van der Waals surface area (Å²) in [7, 11) is -2.10. The van der Waals surface area contributed by atoms with Gasteiger partial charge in [0.25, 0.3) is 0 Å². The minimum atomic E-state index is -3.69. The molecule has 2 aliphatic heterocycles. The van der Waals surface area contributed by atoms with Crippen LogP contribution in [0.4, 0.5) is 11.4 Å². The zero-order valence-corrected chi connectivity index (χ0v) is 21.1. The minimum Gasteiger partial charge on any atom is -0.496 e. The van der Waals surface area contributed by atoms with Crippen molar-refractivity contribution in [1.29, 1.82) is 0 Å². The minimum absolute atomic E-state index is 0.166. The van der Waals surface area contributed by atoms with E-state index >= 15 is 0 Å². The Labute approximate surface area is 207 Å². The van der Waals surface area contributed by atoms with Crippen LogP contribution in [0.5, 0.6) is 5.75 Å². The molecule has 1 N–H and O–H groups in total. The number of benzene rings is 2. The lowest BCUT2D eigenvalue weighted by Crippen LogP contribution is -2.40. The van der Waals surface area contributed by atoms with Gasteiger partial charge in [0.15, 0.2) is 0 Å². The Morgan fingerprint density at radius 3 is 2.49 bits per heavy atom. The lowest BCUT2D eigenvalue weighted by atomic mass is 10.1.